The number of rotatable bonds is 5. The molecule has 1 fully saturated rings. The SMILES string of the molecule is COc1ccc([C@@H]2CC(=O)C3=C(C2)Nc2ccccc2N(C(=O)C2CC2)[C@H]3c2cccnc2)cc1OC. The highest BCUT2D eigenvalue weighted by Gasteiger charge is 2.45. The third kappa shape index (κ3) is 4.14. The molecule has 37 heavy (non-hydrogen) atoms. The number of fused-ring (bicyclic) bond motifs is 1. The molecule has 2 aromatic carbocycles. The van der Waals surface area contributed by atoms with Gasteiger partial charge in [0.2, 0.25) is 5.91 Å². The molecule has 2 aliphatic carbocycles. The van der Waals surface area contributed by atoms with Crippen LogP contribution in [0.25, 0.3) is 0 Å². The predicted molar refractivity (Wildman–Crippen MR) is 141 cm³/mol. The quantitative estimate of drug-likeness (QED) is 0.510. The van der Waals surface area contributed by atoms with Crippen LogP contribution in [0.3, 0.4) is 0 Å². The van der Waals surface area contributed by atoms with Crippen LogP contribution in [0, 0.1) is 5.92 Å². The van der Waals surface area contributed by atoms with Crippen LogP contribution in [0.2, 0.25) is 0 Å². The Morgan fingerprint density at radius 1 is 0.973 bits per heavy atom. The minimum Gasteiger partial charge on any atom is -0.493 e. The second kappa shape index (κ2) is 9.39. The average Bonchev–Trinajstić information content (AvgIpc) is 3.79. The third-order valence-corrected chi connectivity index (χ3v) is 7.53. The molecule has 3 aliphatic rings. The van der Waals surface area contributed by atoms with E-state index in [0.29, 0.717) is 29.9 Å². The molecule has 0 unspecified atom stereocenters. The molecule has 1 amide bonds. The molecule has 0 radical (unpaired) electrons. The lowest BCUT2D eigenvalue weighted by Gasteiger charge is -2.35. The van der Waals surface area contributed by atoms with E-state index >= 15 is 0 Å². The third-order valence-electron chi connectivity index (χ3n) is 7.53. The maximum Gasteiger partial charge on any atom is 0.231 e. The number of amides is 1. The van der Waals surface area contributed by atoms with Crippen molar-refractivity contribution >= 4 is 23.1 Å². The summed E-state index contributed by atoms with van der Waals surface area (Å²) in [5, 5.41) is 3.58. The van der Waals surface area contributed by atoms with Gasteiger partial charge in [-0.15, -0.1) is 0 Å². The van der Waals surface area contributed by atoms with Crippen LogP contribution in [0.5, 0.6) is 11.5 Å². The van der Waals surface area contributed by atoms with Gasteiger partial charge in [-0.25, -0.2) is 0 Å². The van der Waals surface area contributed by atoms with Gasteiger partial charge in [0, 0.05) is 36.0 Å². The topological polar surface area (TPSA) is 80.8 Å². The van der Waals surface area contributed by atoms with Gasteiger partial charge in [-0.3, -0.25) is 19.5 Å². The van der Waals surface area contributed by atoms with E-state index in [1.54, 1.807) is 26.6 Å². The van der Waals surface area contributed by atoms with Gasteiger partial charge in [0.05, 0.1) is 31.6 Å². The standard InChI is InChI=1S/C30H29N3O4/c1-36-26-12-11-19(16-27(26)37-2)21-14-23-28(25(34)15-21)29(20-6-5-13-31-17-20)33(30(35)18-9-10-18)24-8-4-3-7-22(24)32-23/h3-8,11-13,16-18,21,29,32H,9-10,14-15H2,1-2H3/t21-,29-/m0/s1. The van der Waals surface area contributed by atoms with E-state index in [9.17, 15) is 9.59 Å². The summed E-state index contributed by atoms with van der Waals surface area (Å²) in [6.45, 7) is 0. The molecule has 2 heterocycles. The van der Waals surface area contributed by atoms with Crippen molar-refractivity contribution < 1.29 is 19.1 Å². The Morgan fingerprint density at radius 2 is 1.78 bits per heavy atom. The summed E-state index contributed by atoms with van der Waals surface area (Å²) < 4.78 is 10.9. The number of hydrogen-bond acceptors (Lipinski definition) is 6. The molecule has 0 saturated heterocycles. The predicted octanol–water partition coefficient (Wildman–Crippen LogP) is 5.41. The molecule has 2 atom stereocenters. The molecule has 1 aliphatic heterocycles. The largest absolute Gasteiger partial charge is 0.493 e. The first kappa shape index (κ1) is 23.3. The Morgan fingerprint density at radius 3 is 2.51 bits per heavy atom. The molecular formula is C30H29N3O4. The Hall–Kier alpha value is -4.13. The Bertz CT molecular complexity index is 1400. The molecule has 1 saturated carbocycles. The maximum absolute atomic E-state index is 14.0. The van der Waals surface area contributed by atoms with Crippen LogP contribution in [0.15, 0.2) is 78.3 Å². The van der Waals surface area contributed by atoms with Crippen molar-refractivity contribution in [1.82, 2.24) is 4.98 Å². The molecule has 0 spiro atoms. The van der Waals surface area contributed by atoms with Crippen LogP contribution in [0.4, 0.5) is 11.4 Å². The highest BCUT2D eigenvalue weighted by atomic mass is 16.5. The van der Waals surface area contributed by atoms with Gasteiger partial charge in [-0.1, -0.05) is 24.3 Å². The van der Waals surface area contributed by atoms with E-state index in [1.165, 1.54) is 0 Å². The van der Waals surface area contributed by atoms with Gasteiger partial charge in [0.15, 0.2) is 17.3 Å². The highest BCUT2D eigenvalue weighted by Crippen LogP contribution is 2.49. The summed E-state index contributed by atoms with van der Waals surface area (Å²) in [4.78, 5) is 34.0. The van der Waals surface area contributed by atoms with E-state index in [2.05, 4.69) is 10.3 Å². The fraction of sp³-hybridized carbons (Fsp3) is 0.300. The zero-order chi connectivity index (χ0) is 25.5. The summed E-state index contributed by atoms with van der Waals surface area (Å²) in [6.07, 6.45) is 6.22. The van der Waals surface area contributed by atoms with Gasteiger partial charge in [-0.05, 0) is 66.6 Å². The summed E-state index contributed by atoms with van der Waals surface area (Å²) in [5.41, 5.74) is 4.97. The summed E-state index contributed by atoms with van der Waals surface area (Å²) in [5.74, 6) is 1.34. The molecule has 188 valence electrons. The van der Waals surface area contributed by atoms with Crippen LogP contribution in [0.1, 0.15) is 48.8 Å². The van der Waals surface area contributed by atoms with Gasteiger partial charge < -0.3 is 14.8 Å². The zero-order valence-corrected chi connectivity index (χ0v) is 20.9. The number of nitrogens with zero attached hydrogens (tertiary/aromatic N) is 2. The first-order valence-electron chi connectivity index (χ1n) is 12.7. The van der Waals surface area contributed by atoms with Crippen LogP contribution in [-0.2, 0) is 9.59 Å². The van der Waals surface area contributed by atoms with Crippen LogP contribution >= 0.6 is 0 Å². The van der Waals surface area contributed by atoms with E-state index in [4.69, 9.17) is 9.47 Å². The number of ketones is 1. The summed E-state index contributed by atoms with van der Waals surface area (Å²) in [7, 11) is 3.22. The Labute approximate surface area is 216 Å². The average molecular weight is 496 g/mol. The Balaban J connectivity index is 1.49. The number of ether oxygens (including phenoxy) is 2. The minimum atomic E-state index is -0.535. The number of benzene rings is 2. The van der Waals surface area contributed by atoms with E-state index in [-0.39, 0.29) is 23.5 Å². The smallest absolute Gasteiger partial charge is 0.231 e. The van der Waals surface area contributed by atoms with Crippen molar-refractivity contribution in [3.8, 4) is 11.5 Å². The van der Waals surface area contributed by atoms with Crippen molar-refractivity contribution in [2.24, 2.45) is 5.92 Å². The zero-order valence-electron chi connectivity index (χ0n) is 20.9. The molecule has 1 N–H and O–H groups in total. The second-order valence-electron chi connectivity index (χ2n) is 9.85. The number of methoxy groups -OCH3 is 2. The molecule has 1 aromatic heterocycles. The number of carbonyl (C=O) groups is 2. The number of aromatic nitrogens is 1. The number of pyridine rings is 1. The lowest BCUT2D eigenvalue weighted by molar-refractivity contribution is -0.120. The summed E-state index contributed by atoms with van der Waals surface area (Å²) >= 11 is 0. The van der Waals surface area contributed by atoms with Crippen molar-refractivity contribution in [3.63, 3.8) is 0 Å². The minimum absolute atomic E-state index is 0.00687. The van der Waals surface area contributed by atoms with E-state index in [1.807, 2.05) is 59.5 Å². The molecule has 0 bridgehead atoms. The first-order valence-corrected chi connectivity index (χ1v) is 12.7. The van der Waals surface area contributed by atoms with Gasteiger partial charge >= 0.3 is 0 Å². The van der Waals surface area contributed by atoms with Crippen LogP contribution in [-0.4, -0.2) is 30.9 Å². The molecule has 7 nitrogen and oxygen atoms in total. The number of hydrogen-bond donors (Lipinski definition) is 1. The molecule has 3 aromatic rings. The fourth-order valence-electron chi connectivity index (χ4n) is 5.56. The number of Topliss-reactive ketones (excluding diaryl/α,β-unsaturated/α-hetero) is 1. The van der Waals surface area contributed by atoms with E-state index < -0.39 is 6.04 Å². The first-order chi connectivity index (χ1) is 18.1. The van der Waals surface area contributed by atoms with Crippen molar-refractivity contribution in [2.45, 2.75) is 37.6 Å². The second-order valence-corrected chi connectivity index (χ2v) is 9.85. The van der Waals surface area contributed by atoms with Gasteiger partial charge in [0.1, 0.15) is 0 Å². The summed E-state index contributed by atoms with van der Waals surface area (Å²) in [6, 6.07) is 16.9. The number of carbonyl (C=O) groups excluding carboxylic acids is 2. The lowest BCUT2D eigenvalue weighted by atomic mass is 9.78. The monoisotopic (exact) mass is 495 g/mol. The number of para-hydroxylation sites is 2. The number of nitrogens with one attached hydrogen (secondary N) is 1. The normalized spacial score (nSPS) is 20.9. The molecule has 6 rings (SSSR count). The fourth-order valence-corrected chi connectivity index (χ4v) is 5.56. The lowest BCUT2D eigenvalue weighted by Crippen LogP contribution is -2.39. The molecule has 7 heteroatoms. The molecular weight excluding hydrogens is 466 g/mol. The number of allylic oxidation sites excluding steroid dienone is 1. The van der Waals surface area contributed by atoms with Crippen LogP contribution < -0.4 is 19.7 Å². The number of anilines is 2. The van der Waals surface area contributed by atoms with Gasteiger partial charge in [0.25, 0.3) is 0 Å². The van der Waals surface area contributed by atoms with Gasteiger partial charge in [-0.2, -0.15) is 0 Å². The maximum atomic E-state index is 14.0. The highest BCUT2D eigenvalue weighted by molar-refractivity contribution is 6.07. The van der Waals surface area contributed by atoms with Crippen molar-refractivity contribution in [2.75, 3.05) is 24.4 Å². The Kier molecular flexibility index (Phi) is 5.91. The van der Waals surface area contributed by atoms with E-state index in [0.717, 1.165) is 41.0 Å². The van der Waals surface area contributed by atoms with Crippen molar-refractivity contribution in [1.29, 1.82) is 0 Å². The van der Waals surface area contributed by atoms with Crippen molar-refractivity contribution in [3.05, 3.63) is 89.4 Å².